The Bertz CT molecular complexity index is 1020. The van der Waals surface area contributed by atoms with Crippen molar-refractivity contribution in [3.8, 4) is 28.4 Å². The Morgan fingerprint density at radius 3 is 2.40 bits per heavy atom. The number of rotatable bonds is 4. The molecule has 0 atom stereocenters. The van der Waals surface area contributed by atoms with Gasteiger partial charge in [-0.1, -0.05) is 23.7 Å². The number of hydrogen-bond acceptors (Lipinski definition) is 5. The highest BCUT2D eigenvalue weighted by Gasteiger charge is 2.30. The Labute approximate surface area is 176 Å². The van der Waals surface area contributed by atoms with Crippen molar-refractivity contribution < 1.29 is 17.9 Å². The van der Waals surface area contributed by atoms with Crippen molar-refractivity contribution in [1.82, 2.24) is 20.3 Å². The lowest BCUT2D eigenvalue weighted by Crippen LogP contribution is -2.34. The highest BCUT2D eigenvalue weighted by Crippen LogP contribution is 2.36. The molecule has 0 amide bonds. The average Bonchev–Trinajstić information content (AvgIpc) is 2.74. The van der Waals surface area contributed by atoms with Crippen molar-refractivity contribution in [1.29, 1.82) is 0 Å². The molecule has 1 fully saturated rings. The second kappa shape index (κ2) is 8.57. The van der Waals surface area contributed by atoms with Crippen LogP contribution >= 0.6 is 11.6 Å². The van der Waals surface area contributed by atoms with Gasteiger partial charge in [-0.15, -0.1) is 0 Å². The van der Waals surface area contributed by atoms with Gasteiger partial charge in [-0.3, -0.25) is 4.98 Å². The summed E-state index contributed by atoms with van der Waals surface area (Å²) < 4.78 is 44.8. The summed E-state index contributed by atoms with van der Waals surface area (Å²) in [5, 5.41) is 3.63. The van der Waals surface area contributed by atoms with Crippen molar-refractivity contribution in [2.45, 2.75) is 25.1 Å². The molecule has 4 rings (SSSR count). The van der Waals surface area contributed by atoms with Crippen LogP contribution in [-0.2, 0) is 6.18 Å². The molecule has 0 spiro atoms. The Morgan fingerprint density at radius 2 is 1.73 bits per heavy atom. The maximum Gasteiger partial charge on any atom is 0.416 e. The van der Waals surface area contributed by atoms with Gasteiger partial charge in [0.15, 0.2) is 0 Å². The summed E-state index contributed by atoms with van der Waals surface area (Å²) in [6.07, 6.45) is 1.87. The summed E-state index contributed by atoms with van der Waals surface area (Å²) in [6.45, 7) is 1.73. The van der Waals surface area contributed by atoms with E-state index in [1.807, 2.05) is 0 Å². The van der Waals surface area contributed by atoms with Crippen LogP contribution in [0.15, 0.2) is 48.9 Å². The summed E-state index contributed by atoms with van der Waals surface area (Å²) in [4.78, 5) is 13.1. The molecule has 1 saturated heterocycles. The molecule has 1 N–H and O–H groups in total. The number of ether oxygens (including phenoxy) is 1. The standard InChI is InChI=1S/C21H18ClF3N4O/c22-17-11-27-10-7-16(17)20-19(13-1-3-14(4-2-13)21(23,24)25)28-12-18(29-20)30-15-5-8-26-9-6-15/h1-4,7,10-12,15,26H,5-6,8-9H2. The van der Waals surface area contributed by atoms with Crippen LogP contribution in [-0.4, -0.2) is 34.1 Å². The normalized spacial score (nSPS) is 15.2. The van der Waals surface area contributed by atoms with Crippen LogP contribution in [0.4, 0.5) is 13.2 Å². The number of nitrogens with one attached hydrogen (secondary N) is 1. The van der Waals surface area contributed by atoms with E-state index < -0.39 is 11.7 Å². The van der Waals surface area contributed by atoms with Gasteiger partial charge in [-0.2, -0.15) is 13.2 Å². The van der Waals surface area contributed by atoms with E-state index in [1.54, 1.807) is 12.3 Å². The molecule has 156 valence electrons. The van der Waals surface area contributed by atoms with Crippen molar-refractivity contribution in [3.63, 3.8) is 0 Å². The molecule has 0 unspecified atom stereocenters. The van der Waals surface area contributed by atoms with Gasteiger partial charge >= 0.3 is 6.18 Å². The highest BCUT2D eigenvalue weighted by molar-refractivity contribution is 6.33. The molecule has 0 aliphatic carbocycles. The van der Waals surface area contributed by atoms with Crippen LogP contribution in [0.5, 0.6) is 5.88 Å². The number of hydrogen-bond donors (Lipinski definition) is 1. The Hall–Kier alpha value is -2.71. The van der Waals surface area contributed by atoms with Crippen LogP contribution in [0.1, 0.15) is 18.4 Å². The predicted octanol–water partition coefficient (Wildman–Crippen LogP) is 5.01. The Morgan fingerprint density at radius 1 is 1.00 bits per heavy atom. The lowest BCUT2D eigenvalue weighted by Gasteiger charge is -2.23. The first-order valence-electron chi connectivity index (χ1n) is 9.44. The maximum atomic E-state index is 12.9. The average molecular weight is 435 g/mol. The van der Waals surface area contributed by atoms with Gasteiger partial charge in [-0.05, 0) is 44.1 Å². The topological polar surface area (TPSA) is 59.9 Å². The van der Waals surface area contributed by atoms with Crippen LogP contribution in [0, 0.1) is 0 Å². The monoisotopic (exact) mass is 434 g/mol. The summed E-state index contributed by atoms with van der Waals surface area (Å²) in [5.41, 5.74) is 1.17. The summed E-state index contributed by atoms with van der Waals surface area (Å²) in [6, 6.07) is 6.48. The van der Waals surface area contributed by atoms with Crippen molar-refractivity contribution in [3.05, 3.63) is 59.5 Å². The zero-order chi connectivity index (χ0) is 21.1. The highest BCUT2D eigenvalue weighted by atomic mass is 35.5. The Balaban J connectivity index is 1.75. The second-order valence-corrected chi connectivity index (χ2v) is 7.31. The summed E-state index contributed by atoms with van der Waals surface area (Å²) in [5.74, 6) is 0.348. The molecule has 0 saturated carbocycles. The quantitative estimate of drug-likeness (QED) is 0.625. The van der Waals surface area contributed by atoms with Crippen LogP contribution in [0.2, 0.25) is 5.02 Å². The third kappa shape index (κ3) is 4.55. The minimum absolute atomic E-state index is 0.0261. The summed E-state index contributed by atoms with van der Waals surface area (Å²) in [7, 11) is 0. The second-order valence-electron chi connectivity index (χ2n) is 6.90. The van der Waals surface area contributed by atoms with Gasteiger partial charge in [0.25, 0.3) is 0 Å². The molecule has 3 aromatic rings. The molecular formula is C21H18ClF3N4O. The number of alkyl halides is 3. The fourth-order valence-electron chi connectivity index (χ4n) is 3.30. The van der Waals surface area contributed by atoms with Gasteiger partial charge in [0, 0.05) is 23.5 Å². The third-order valence-electron chi connectivity index (χ3n) is 4.84. The number of piperidine rings is 1. The van der Waals surface area contributed by atoms with E-state index in [9.17, 15) is 13.2 Å². The van der Waals surface area contributed by atoms with Crippen LogP contribution < -0.4 is 10.1 Å². The number of benzene rings is 1. The number of nitrogens with zero attached hydrogens (tertiary/aromatic N) is 3. The van der Waals surface area contributed by atoms with Gasteiger partial charge in [0.1, 0.15) is 11.8 Å². The third-order valence-corrected chi connectivity index (χ3v) is 5.14. The first kappa shape index (κ1) is 20.6. The minimum Gasteiger partial charge on any atom is -0.473 e. The molecule has 5 nitrogen and oxygen atoms in total. The zero-order valence-corrected chi connectivity index (χ0v) is 16.5. The van der Waals surface area contributed by atoms with E-state index in [0.29, 0.717) is 33.4 Å². The molecule has 9 heteroatoms. The van der Waals surface area contributed by atoms with Crippen molar-refractivity contribution >= 4 is 11.6 Å². The maximum absolute atomic E-state index is 12.9. The van der Waals surface area contributed by atoms with Crippen LogP contribution in [0.25, 0.3) is 22.5 Å². The number of pyridine rings is 1. The van der Waals surface area contributed by atoms with Gasteiger partial charge in [0.2, 0.25) is 5.88 Å². The molecule has 1 aromatic carbocycles. The molecule has 3 heterocycles. The molecule has 30 heavy (non-hydrogen) atoms. The molecule has 2 aromatic heterocycles. The lowest BCUT2D eigenvalue weighted by atomic mass is 10.0. The Kier molecular flexibility index (Phi) is 5.87. The van der Waals surface area contributed by atoms with E-state index in [1.165, 1.54) is 24.5 Å². The van der Waals surface area contributed by atoms with E-state index in [-0.39, 0.29) is 6.10 Å². The predicted molar refractivity (Wildman–Crippen MR) is 107 cm³/mol. The van der Waals surface area contributed by atoms with Gasteiger partial charge < -0.3 is 10.1 Å². The summed E-state index contributed by atoms with van der Waals surface area (Å²) >= 11 is 6.32. The van der Waals surface area contributed by atoms with E-state index in [0.717, 1.165) is 38.1 Å². The smallest absolute Gasteiger partial charge is 0.416 e. The number of aromatic nitrogens is 3. The van der Waals surface area contributed by atoms with E-state index in [4.69, 9.17) is 16.3 Å². The zero-order valence-electron chi connectivity index (χ0n) is 15.8. The van der Waals surface area contributed by atoms with E-state index >= 15 is 0 Å². The SMILES string of the molecule is FC(F)(F)c1ccc(-c2ncc(OC3CCNCC3)nc2-c2ccncc2Cl)cc1. The van der Waals surface area contributed by atoms with Crippen molar-refractivity contribution in [2.24, 2.45) is 0 Å². The van der Waals surface area contributed by atoms with Gasteiger partial charge in [0.05, 0.1) is 22.5 Å². The largest absolute Gasteiger partial charge is 0.473 e. The minimum atomic E-state index is -4.41. The molecule has 0 radical (unpaired) electrons. The lowest BCUT2D eigenvalue weighted by molar-refractivity contribution is -0.137. The van der Waals surface area contributed by atoms with Crippen molar-refractivity contribution in [2.75, 3.05) is 13.1 Å². The first-order valence-corrected chi connectivity index (χ1v) is 9.81. The molecule has 0 bridgehead atoms. The van der Waals surface area contributed by atoms with Gasteiger partial charge in [-0.25, -0.2) is 9.97 Å². The first-order chi connectivity index (χ1) is 14.4. The van der Waals surface area contributed by atoms with E-state index in [2.05, 4.69) is 20.3 Å². The fourth-order valence-corrected chi connectivity index (χ4v) is 3.51. The fraction of sp³-hybridized carbons (Fsp3) is 0.286. The molecular weight excluding hydrogens is 417 g/mol. The molecule has 1 aliphatic rings. The van der Waals surface area contributed by atoms with Crippen LogP contribution in [0.3, 0.4) is 0 Å². The number of halogens is 4. The molecule has 1 aliphatic heterocycles.